The summed E-state index contributed by atoms with van der Waals surface area (Å²) in [7, 11) is 0. The summed E-state index contributed by atoms with van der Waals surface area (Å²) < 4.78 is 37.5. The van der Waals surface area contributed by atoms with Gasteiger partial charge in [0.05, 0.1) is 0 Å². The summed E-state index contributed by atoms with van der Waals surface area (Å²) in [5.41, 5.74) is 0.763. The molecule has 0 radical (unpaired) electrons. The van der Waals surface area contributed by atoms with Gasteiger partial charge in [0.15, 0.2) is 17.5 Å². The highest BCUT2D eigenvalue weighted by Crippen LogP contribution is 2.18. The number of halogens is 3. The predicted octanol–water partition coefficient (Wildman–Crippen LogP) is 3.14. The molecule has 0 bridgehead atoms. The zero-order valence-corrected chi connectivity index (χ0v) is 6.50. The van der Waals surface area contributed by atoms with Crippen molar-refractivity contribution in [2.45, 2.75) is 6.92 Å². The number of hydrogen-bond acceptors (Lipinski definition) is 0. The summed E-state index contributed by atoms with van der Waals surface area (Å²) in [4.78, 5) is 0. The fourth-order valence-electron chi connectivity index (χ4n) is 0.802. The van der Waals surface area contributed by atoms with E-state index in [1.807, 2.05) is 0 Å². The van der Waals surface area contributed by atoms with Gasteiger partial charge in [-0.2, -0.15) is 0 Å². The zero-order valence-electron chi connectivity index (χ0n) is 6.50. The Morgan fingerprint density at radius 3 is 1.92 bits per heavy atom. The second kappa shape index (κ2) is 3.01. The third kappa shape index (κ3) is 1.49. The summed E-state index contributed by atoms with van der Waals surface area (Å²) in [6.45, 7) is 5.07. The van der Waals surface area contributed by atoms with E-state index in [1.54, 1.807) is 6.92 Å². The molecule has 0 N–H and O–H groups in total. The summed E-state index contributed by atoms with van der Waals surface area (Å²) in [5, 5.41) is 0. The minimum Gasteiger partial charge on any atom is -0.204 e. The van der Waals surface area contributed by atoms with E-state index in [0.717, 1.165) is 12.1 Å². The molecular weight excluding hydrogens is 165 g/mol. The van der Waals surface area contributed by atoms with Crippen molar-refractivity contribution >= 4 is 5.57 Å². The third-order valence-electron chi connectivity index (χ3n) is 1.48. The second-order valence-electron chi connectivity index (χ2n) is 2.53. The number of benzene rings is 1. The van der Waals surface area contributed by atoms with Crippen LogP contribution in [0.4, 0.5) is 13.2 Å². The average Bonchev–Trinajstić information content (AvgIpc) is 1.99. The van der Waals surface area contributed by atoms with Crippen LogP contribution in [0.5, 0.6) is 0 Å². The summed E-state index contributed by atoms with van der Waals surface area (Å²) in [6, 6.07) is 1.83. The second-order valence-corrected chi connectivity index (χ2v) is 2.53. The van der Waals surface area contributed by atoms with Gasteiger partial charge in [-0.3, -0.25) is 0 Å². The topological polar surface area (TPSA) is 0 Å². The fraction of sp³-hybridized carbons (Fsp3) is 0.111. The Kier molecular flexibility index (Phi) is 2.22. The van der Waals surface area contributed by atoms with Gasteiger partial charge in [-0.1, -0.05) is 12.2 Å². The van der Waals surface area contributed by atoms with Crippen molar-refractivity contribution < 1.29 is 13.2 Å². The van der Waals surface area contributed by atoms with Crippen molar-refractivity contribution in [2.24, 2.45) is 0 Å². The lowest BCUT2D eigenvalue weighted by atomic mass is 10.1. The van der Waals surface area contributed by atoms with Crippen LogP contribution in [0.15, 0.2) is 18.7 Å². The van der Waals surface area contributed by atoms with Crippen LogP contribution in [0, 0.1) is 17.5 Å². The van der Waals surface area contributed by atoms with Gasteiger partial charge in [-0.25, -0.2) is 13.2 Å². The Labute approximate surface area is 68.3 Å². The molecule has 0 aliphatic rings. The summed E-state index contributed by atoms with van der Waals surface area (Å²) in [6.07, 6.45) is 0. The molecule has 0 heterocycles. The van der Waals surface area contributed by atoms with Crippen LogP contribution in [-0.2, 0) is 0 Å². The maximum atomic E-state index is 12.5. The van der Waals surface area contributed by atoms with Gasteiger partial charge in [-0.05, 0) is 24.6 Å². The van der Waals surface area contributed by atoms with Crippen molar-refractivity contribution in [3.05, 3.63) is 41.7 Å². The quantitative estimate of drug-likeness (QED) is 0.571. The summed E-state index contributed by atoms with van der Waals surface area (Å²) in [5.74, 6) is -3.82. The molecule has 0 spiro atoms. The van der Waals surface area contributed by atoms with E-state index in [2.05, 4.69) is 6.58 Å². The number of allylic oxidation sites excluding steroid dienone is 1. The number of hydrogen-bond donors (Lipinski definition) is 0. The van der Waals surface area contributed by atoms with Crippen LogP contribution in [0.2, 0.25) is 0 Å². The van der Waals surface area contributed by atoms with E-state index < -0.39 is 17.5 Å². The monoisotopic (exact) mass is 172 g/mol. The van der Waals surface area contributed by atoms with Crippen LogP contribution in [0.3, 0.4) is 0 Å². The minimum absolute atomic E-state index is 0.270. The third-order valence-corrected chi connectivity index (χ3v) is 1.48. The lowest BCUT2D eigenvalue weighted by molar-refractivity contribution is 0.446. The molecule has 0 fully saturated rings. The molecule has 1 rings (SSSR count). The van der Waals surface area contributed by atoms with E-state index >= 15 is 0 Å². The standard InChI is InChI=1S/C9H7F3/c1-5(2)6-3-7(10)9(12)8(11)4-6/h3-4H,1H2,2H3. The molecule has 0 saturated heterocycles. The van der Waals surface area contributed by atoms with E-state index in [0.29, 0.717) is 5.57 Å². The Hall–Kier alpha value is -1.25. The van der Waals surface area contributed by atoms with Crippen molar-refractivity contribution in [1.82, 2.24) is 0 Å². The minimum atomic E-state index is -1.44. The molecule has 12 heavy (non-hydrogen) atoms. The van der Waals surface area contributed by atoms with Gasteiger partial charge >= 0.3 is 0 Å². The molecule has 0 aliphatic heterocycles. The molecule has 64 valence electrons. The molecule has 0 aliphatic carbocycles. The molecule has 0 nitrogen and oxygen atoms in total. The van der Waals surface area contributed by atoms with Crippen LogP contribution in [-0.4, -0.2) is 0 Å². The van der Waals surface area contributed by atoms with Gasteiger partial charge in [0.1, 0.15) is 0 Å². The molecule has 0 saturated carbocycles. The van der Waals surface area contributed by atoms with Gasteiger partial charge < -0.3 is 0 Å². The highest BCUT2D eigenvalue weighted by Gasteiger charge is 2.10. The zero-order chi connectivity index (χ0) is 9.30. The van der Waals surface area contributed by atoms with Crippen LogP contribution in [0.25, 0.3) is 5.57 Å². The highest BCUT2D eigenvalue weighted by atomic mass is 19.2. The van der Waals surface area contributed by atoms with Gasteiger partial charge in [-0.15, -0.1) is 0 Å². The fourth-order valence-corrected chi connectivity index (χ4v) is 0.802. The van der Waals surface area contributed by atoms with Gasteiger partial charge in [0.2, 0.25) is 0 Å². The highest BCUT2D eigenvalue weighted by molar-refractivity contribution is 5.61. The maximum absolute atomic E-state index is 12.5. The van der Waals surface area contributed by atoms with E-state index in [1.165, 1.54) is 0 Å². The van der Waals surface area contributed by atoms with Crippen LogP contribution >= 0.6 is 0 Å². The van der Waals surface area contributed by atoms with Crippen LogP contribution in [0.1, 0.15) is 12.5 Å². The van der Waals surface area contributed by atoms with Gasteiger partial charge in [0.25, 0.3) is 0 Å². The summed E-state index contributed by atoms with van der Waals surface area (Å²) >= 11 is 0. The van der Waals surface area contributed by atoms with E-state index in [9.17, 15) is 13.2 Å². The van der Waals surface area contributed by atoms with Crippen molar-refractivity contribution in [1.29, 1.82) is 0 Å². The Balaban J connectivity index is 3.31. The lowest BCUT2D eigenvalue weighted by Crippen LogP contribution is -1.92. The average molecular weight is 172 g/mol. The first-order chi connectivity index (χ1) is 5.52. The molecule has 1 aromatic rings. The Morgan fingerprint density at radius 2 is 1.58 bits per heavy atom. The van der Waals surface area contributed by atoms with E-state index in [-0.39, 0.29) is 5.56 Å². The molecule has 0 aromatic heterocycles. The first kappa shape index (κ1) is 8.84. The Morgan fingerprint density at radius 1 is 1.17 bits per heavy atom. The normalized spacial score (nSPS) is 10.0. The molecule has 0 atom stereocenters. The van der Waals surface area contributed by atoms with Crippen molar-refractivity contribution in [3.8, 4) is 0 Å². The first-order valence-corrected chi connectivity index (χ1v) is 3.33. The lowest BCUT2D eigenvalue weighted by Gasteiger charge is -2.01. The largest absolute Gasteiger partial charge is 0.204 e. The van der Waals surface area contributed by atoms with Crippen LogP contribution < -0.4 is 0 Å². The van der Waals surface area contributed by atoms with Gasteiger partial charge in [0, 0.05) is 0 Å². The molecule has 0 unspecified atom stereocenters. The SMILES string of the molecule is C=C(C)c1cc(F)c(F)c(F)c1. The van der Waals surface area contributed by atoms with Crippen molar-refractivity contribution in [2.75, 3.05) is 0 Å². The molecule has 0 amide bonds. The molecule has 1 aromatic carbocycles. The maximum Gasteiger partial charge on any atom is 0.194 e. The predicted molar refractivity (Wildman–Crippen MR) is 41.0 cm³/mol. The Bertz CT molecular complexity index is 306. The van der Waals surface area contributed by atoms with E-state index in [4.69, 9.17) is 0 Å². The molecule has 3 heteroatoms. The number of rotatable bonds is 1. The first-order valence-electron chi connectivity index (χ1n) is 3.33. The van der Waals surface area contributed by atoms with Crippen molar-refractivity contribution in [3.63, 3.8) is 0 Å². The smallest absolute Gasteiger partial charge is 0.194 e. The molecular formula is C9H7F3.